The van der Waals surface area contributed by atoms with Gasteiger partial charge >= 0.3 is 0 Å². The summed E-state index contributed by atoms with van der Waals surface area (Å²) in [6.07, 6.45) is 3.52. The highest BCUT2D eigenvalue weighted by atomic mass is 32.2. The van der Waals surface area contributed by atoms with Crippen molar-refractivity contribution in [2.75, 3.05) is 38.8 Å². The van der Waals surface area contributed by atoms with Crippen LogP contribution in [0.15, 0.2) is 27.9 Å². The first kappa shape index (κ1) is 28.7. The summed E-state index contributed by atoms with van der Waals surface area (Å²) in [6, 6.07) is 7.76. The van der Waals surface area contributed by atoms with E-state index >= 15 is 0 Å². The van der Waals surface area contributed by atoms with Gasteiger partial charge in [-0.05, 0) is 60.9 Å². The number of pyridine rings is 1. The maximum atomic E-state index is 13.5. The number of hydrogen-bond acceptors (Lipinski definition) is 8. The number of methoxy groups -OCH3 is 2. The van der Waals surface area contributed by atoms with Gasteiger partial charge in [0.25, 0.3) is 11.5 Å². The minimum atomic E-state index is -0.324. The van der Waals surface area contributed by atoms with Crippen molar-refractivity contribution in [2.45, 2.75) is 33.6 Å². The second-order valence-corrected chi connectivity index (χ2v) is 12.0. The van der Waals surface area contributed by atoms with Crippen LogP contribution in [-0.4, -0.2) is 53.5 Å². The molecule has 1 aromatic heterocycles. The molecule has 10 heteroatoms. The molecule has 2 unspecified atom stereocenters. The number of hydrogen-bond donors (Lipinski definition) is 0. The fourth-order valence-corrected chi connectivity index (χ4v) is 6.82. The highest BCUT2D eigenvalue weighted by Gasteiger charge is 2.33. The van der Waals surface area contributed by atoms with E-state index in [2.05, 4.69) is 24.8 Å². The van der Waals surface area contributed by atoms with E-state index in [-0.39, 0.29) is 17.0 Å². The van der Waals surface area contributed by atoms with Crippen LogP contribution in [0.1, 0.15) is 42.5 Å². The second-order valence-electron chi connectivity index (χ2n) is 10.3. The molecule has 2 aliphatic heterocycles. The first-order valence-electron chi connectivity index (χ1n) is 12.9. The number of carbonyl (C=O) groups is 1. The fraction of sp³-hybridized carbons (Fsp3) is 0.448. The zero-order valence-corrected chi connectivity index (χ0v) is 24.9. The molecule has 0 aliphatic carbocycles. The normalized spacial score (nSPS) is 20.5. The van der Waals surface area contributed by atoms with Crippen molar-refractivity contribution >= 4 is 46.1 Å². The van der Waals surface area contributed by atoms with Crippen molar-refractivity contribution in [3.63, 3.8) is 0 Å². The molecule has 1 amide bonds. The van der Waals surface area contributed by atoms with Crippen LogP contribution in [-0.2, 0) is 18.3 Å². The molecule has 2 aromatic rings. The molecule has 0 N–H and O–H groups in total. The number of anilines is 1. The molecule has 0 bridgehead atoms. The Labute approximate surface area is 239 Å². The lowest BCUT2D eigenvalue weighted by Gasteiger charge is -2.38. The van der Waals surface area contributed by atoms with Crippen LogP contribution in [0.4, 0.5) is 5.82 Å². The number of piperidine rings is 1. The third-order valence-corrected chi connectivity index (χ3v) is 8.74. The third kappa shape index (κ3) is 5.70. The van der Waals surface area contributed by atoms with Gasteiger partial charge in [0, 0.05) is 32.2 Å². The van der Waals surface area contributed by atoms with Gasteiger partial charge in [-0.2, -0.15) is 5.26 Å². The van der Waals surface area contributed by atoms with Gasteiger partial charge in [-0.3, -0.25) is 19.1 Å². The number of thiocarbonyl (C=S) groups is 1. The quantitative estimate of drug-likeness (QED) is 0.358. The predicted octanol–water partition coefficient (Wildman–Crippen LogP) is 4.51. The average molecular weight is 567 g/mol. The highest BCUT2D eigenvalue weighted by molar-refractivity contribution is 8.26. The lowest BCUT2D eigenvalue weighted by molar-refractivity contribution is -0.122. The van der Waals surface area contributed by atoms with Crippen molar-refractivity contribution in [1.82, 2.24) is 9.47 Å². The van der Waals surface area contributed by atoms with Gasteiger partial charge in [-0.1, -0.05) is 43.9 Å². The standard InChI is InChI=1S/C29H34N4O4S2/c1-17-11-18(2)16-32(15-17)26-21(19(3)22(14-30)27(34)31(26)4)13-25-28(35)33(29(38)39-25)10-9-20-7-8-23(36-5)24(12-20)37-6/h7-8,12-13,17-18H,9-11,15-16H2,1-6H3. The van der Waals surface area contributed by atoms with Crippen molar-refractivity contribution in [2.24, 2.45) is 18.9 Å². The largest absolute Gasteiger partial charge is 0.493 e. The molecule has 1 aromatic carbocycles. The summed E-state index contributed by atoms with van der Waals surface area (Å²) < 4.78 is 12.8. The Kier molecular flexibility index (Phi) is 8.72. The Morgan fingerprint density at radius 3 is 2.44 bits per heavy atom. The van der Waals surface area contributed by atoms with Gasteiger partial charge in [0.2, 0.25) is 0 Å². The van der Waals surface area contributed by atoms with Crippen LogP contribution < -0.4 is 19.9 Å². The molecule has 2 fully saturated rings. The summed E-state index contributed by atoms with van der Waals surface area (Å²) in [4.78, 5) is 30.9. The van der Waals surface area contributed by atoms with E-state index in [4.69, 9.17) is 21.7 Å². The highest BCUT2D eigenvalue weighted by Crippen LogP contribution is 2.37. The Hall–Kier alpha value is -3.29. The minimum Gasteiger partial charge on any atom is -0.493 e. The van der Waals surface area contributed by atoms with Crippen molar-refractivity contribution in [1.29, 1.82) is 5.26 Å². The van der Waals surface area contributed by atoms with Gasteiger partial charge < -0.3 is 14.4 Å². The second kappa shape index (κ2) is 11.8. The number of nitriles is 1. The number of benzene rings is 1. The Morgan fingerprint density at radius 1 is 1.15 bits per heavy atom. The number of rotatable bonds is 7. The van der Waals surface area contributed by atoms with Crippen LogP contribution in [0.3, 0.4) is 0 Å². The maximum absolute atomic E-state index is 13.5. The number of nitrogens with zero attached hydrogens (tertiary/aromatic N) is 4. The van der Waals surface area contributed by atoms with Gasteiger partial charge in [0.05, 0.1) is 19.1 Å². The summed E-state index contributed by atoms with van der Waals surface area (Å²) in [5.41, 5.74) is 2.06. The van der Waals surface area contributed by atoms with Gasteiger partial charge in [0.1, 0.15) is 21.8 Å². The number of amides is 1. The van der Waals surface area contributed by atoms with Crippen LogP contribution in [0.2, 0.25) is 0 Å². The van der Waals surface area contributed by atoms with E-state index in [1.165, 1.54) is 11.8 Å². The molecular formula is C29H34N4O4S2. The number of ether oxygens (including phenoxy) is 2. The zero-order valence-electron chi connectivity index (χ0n) is 23.2. The summed E-state index contributed by atoms with van der Waals surface area (Å²) >= 11 is 6.85. The lowest BCUT2D eigenvalue weighted by atomic mass is 9.91. The van der Waals surface area contributed by atoms with Crippen LogP contribution >= 0.6 is 24.0 Å². The van der Waals surface area contributed by atoms with E-state index in [1.54, 1.807) is 37.7 Å². The van der Waals surface area contributed by atoms with Crippen LogP contribution in [0.5, 0.6) is 11.5 Å². The topological polar surface area (TPSA) is 87.8 Å². The van der Waals surface area contributed by atoms with Gasteiger partial charge in [0.15, 0.2) is 11.5 Å². The molecule has 0 radical (unpaired) electrons. The lowest BCUT2D eigenvalue weighted by Crippen LogP contribution is -2.42. The van der Waals surface area contributed by atoms with Crippen molar-refractivity contribution < 1.29 is 14.3 Å². The Bertz CT molecular complexity index is 1430. The maximum Gasteiger partial charge on any atom is 0.270 e. The monoisotopic (exact) mass is 566 g/mol. The summed E-state index contributed by atoms with van der Waals surface area (Å²) in [5, 5.41) is 9.76. The van der Waals surface area contributed by atoms with E-state index in [0.717, 1.165) is 36.5 Å². The third-order valence-electron chi connectivity index (χ3n) is 7.36. The van der Waals surface area contributed by atoms with Gasteiger partial charge in [-0.25, -0.2) is 0 Å². The first-order chi connectivity index (χ1) is 18.6. The minimum absolute atomic E-state index is 0.0922. The molecular weight excluding hydrogens is 532 g/mol. The van der Waals surface area contributed by atoms with Crippen molar-refractivity contribution in [3.8, 4) is 17.6 Å². The molecule has 0 saturated carbocycles. The van der Waals surface area contributed by atoms with E-state index in [0.29, 0.717) is 51.1 Å². The molecule has 2 atom stereocenters. The van der Waals surface area contributed by atoms with Gasteiger partial charge in [-0.15, -0.1) is 0 Å². The fourth-order valence-electron chi connectivity index (χ4n) is 5.53. The Balaban J connectivity index is 1.68. The number of aromatic nitrogens is 1. The van der Waals surface area contributed by atoms with E-state index in [9.17, 15) is 14.9 Å². The number of carbonyl (C=O) groups excluding carboxylic acids is 1. The summed E-state index contributed by atoms with van der Waals surface area (Å²) in [7, 11) is 4.88. The Morgan fingerprint density at radius 2 is 1.82 bits per heavy atom. The zero-order chi connectivity index (χ0) is 28.4. The van der Waals surface area contributed by atoms with Crippen molar-refractivity contribution in [3.05, 3.63) is 55.7 Å². The first-order valence-corrected chi connectivity index (χ1v) is 14.2. The molecule has 8 nitrogen and oxygen atoms in total. The van der Waals surface area contributed by atoms with E-state index < -0.39 is 0 Å². The molecule has 4 rings (SSSR count). The SMILES string of the molecule is COc1ccc(CCN2C(=O)C(=Cc3c(C)c(C#N)c(=O)n(C)c3N3CC(C)CC(C)C3)SC2=S)cc1OC. The summed E-state index contributed by atoms with van der Waals surface area (Å²) in [5.74, 6) is 2.76. The number of thioether (sulfide) groups is 1. The van der Waals surface area contributed by atoms with Crippen LogP contribution in [0.25, 0.3) is 6.08 Å². The molecule has 39 heavy (non-hydrogen) atoms. The summed E-state index contributed by atoms with van der Waals surface area (Å²) in [6.45, 7) is 8.22. The molecule has 2 saturated heterocycles. The smallest absolute Gasteiger partial charge is 0.270 e. The molecule has 3 heterocycles. The molecule has 0 spiro atoms. The van der Waals surface area contributed by atoms with Crippen LogP contribution in [0, 0.1) is 30.1 Å². The predicted molar refractivity (Wildman–Crippen MR) is 159 cm³/mol. The van der Waals surface area contributed by atoms with E-state index in [1.807, 2.05) is 24.3 Å². The molecule has 206 valence electrons. The molecule has 2 aliphatic rings. The average Bonchev–Trinajstić information content (AvgIpc) is 3.17.